The molecular formula is C21H21N3OS2. The van der Waals surface area contributed by atoms with E-state index in [1.807, 2.05) is 18.2 Å². The Hall–Kier alpha value is -2.10. The molecule has 1 aliphatic carbocycles. The largest absolute Gasteiger partial charge is 0.287 e. The van der Waals surface area contributed by atoms with Gasteiger partial charge < -0.3 is 0 Å². The maximum Gasteiger partial charge on any atom is 0.263 e. The van der Waals surface area contributed by atoms with Gasteiger partial charge in [-0.3, -0.25) is 9.36 Å². The van der Waals surface area contributed by atoms with Crippen LogP contribution in [-0.4, -0.2) is 15.3 Å². The first-order valence-electron chi connectivity index (χ1n) is 9.26. The van der Waals surface area contributed by atoms with Crippen molar-refractivity contribution in [3.8, 4) is 6.07 Å². The summed E-state index contributed by atoms with van der Waals surface area (Å²) in [6.07, 6.45) is 3.92. The Morgan fingerprint density at radius 2 is 2.19 bits per heavy atom. The number of nitrogens with zero attached hydrogens (tertiary/aromatic N) is 3. The summed E-state index contributed by atoms with van der Waals surface area (Å²) in [7, 11) is 0. The van der Waals surface area contributed by atoms with Gasteiger partial charge in [0.2, 0.25) is 0 Å². The van der Waals surface area contributed by atoms with Crippen LogP contribution in [0, 0.1) is 17.2 Å². The van der Waals surface area contributed by atoms with E-state index in [0.717, 1.165) is 35.9 Å². The molecule has 6 heteroatoms. The van der Waals surface area contributed by atoms with Crippen molar-refractivity contribution < 1.29 is 0 Å². The van der Waals surface area contributed by atoms with Crippen LogP contribution >= 0.6 is 23.1 Å². The maximum atomic E-state index is 13.4. The highest BCUT2D eigenvalue weighted by molar-refractivity contribution is 7.99. The molecule has 3 aromatic rings. The summed E-state index contributed by atoms with van der Waals surface area (Å²) >= 11 is 3.02. The lowest BCUT2D eigenvalue weighted by Crippen LogP contribution is -2.25. The molecule has 0 fully saturated rings. The predicted octanol–water partition coefficient (Wildman–Crippen LogP) is 4.44. The number of nitriles is 1. The molecule has 27 heavy (non-hydrogen) atoms. The van der Waals surface area contributed by atoms with Crippen molar-refractivity contribution in [1.29, 1.82) is 5.26 Å². The Labute approximate surface area is 166 Å². The van der Waals surface area contributed by atoms with Crippen molar-refractivity contribution in [2.24, 2.45) is 5.92 Å². The molecule has 0 radical (unpaired) electrons. The topological polar surface area (TPSA) is 58.7 Å². The summed E-state index contributed by atoms with van der Waals surface area (Å²) < 4.78 is 1.78. The first kappa shape index (κ1) is 18.3. The first-order valence-corrected chi connectivity index (χ1v) is 11.1. The molecule has 4 rings (SSSR count). The standard InChI is InChI=1S/C21H21N3OS2/c1-14-7-8-16-17(13-14)27-19-18(16)20(25)24(21(23-19)26-12-10-22)11-9-15-5-3-2-4-6-15/h2-6,14H,7-9,11-13H2,1H3. The SMILES string of the molecule is CC1CCc2c(sc3nc(SCC#N)n(CCc4ccccc4)c(=O)c23)C1. The second-order valence-corrected chi connectivity index (χ2v) is 9.09. The number of benzene rings is 1. The Balaban J connectivity index is 1.78. The number of rotatable bonds is 5. The minimum absolute atomic E-state index is 0.0587. The lowest BCUT2D eigenvalue weighted by atomic mass is 9.89. The third-order valence-electron chi connectivity index (χ3n) is 5.11. The van der Waals surface area contributed by atoms with E-state index in [2.05, 4.69) is 25.1 Å². The molecular weight excluding hydrogens is 374 g/mol. The van der Waals surface area contributed by atoms with Gasteiger partial charge in [0.1, 0.15) is 4.83 Å². The molecule has 138 valence electrons. The van der Waals surface area contributed by atoms with E-state index < -0.39 is 0 Å². The van der Waals surface area contributed by atoms with Gasteiger partial charge >= 0.3 is 0 Å². The smallest absolute Gasteiger partial charge is 0.263 e. The average molecular weight is 396 g/mol. The molecule has 0 amide bonds. The molecule has 0 bridgehead atoms. The van der Waals surface area contributed by atoms with Crippen LogP contribution in [0.3, 0.4) is 0 Å². The van der Waals surface area contributed by atoms with E-state index in [0.29, 0.717) is 23.4 Å². The molecule has 0 saturated heterocycles. The molecule has 0 N–H and O–H groups in total. The number of hydrogen-bond donors (Lipinski definition) is 0. The van der Waals surface area contributed by atoms with Crippen LogP contribution in [0.2, 0.25) is 0 Å². The van der Waals surface area contributed by atoms with Crippen molar-refractivity contribution >= 4 is 33.3 Å². The van der Waals surface area contributed by atoms with Crippen LogP contribution in [0.25, 0.3) is 10.2 Å². The Kier molecular flexibility index (Phi) is 5.33. The zero-order chi connectivity index (χ0) is 18.8. The summed E-state index contributed by atoms with van der Waals surface area (Å²) in [5.74, 6) is 0.962. The zero-order valence-electron chi connectivity index (χ0n) is 15.3. The molecule has 2 aromatic heterocycles. The van der Waals surface area contributed by atoms with E-state index in [9.17, 15) is 4.79 Å². The normalized spacial score (nSPS) is 16.2. The van der Waals surface area contributed by atoms with Crippen molar-refractivity contribution in [2.75, 3.05) is 5.75 Å². The highest BCUT2D eigenvalue weighted by Gasteiger charge is 2.24. The summed E-state index contributed by atoms with van der Waals surface area (Å²) in [5, 5.41) is 10.5. The third-order valence-corrected chi connectivity index (χ3v) is 7.10. The molecule has 0 aliphatic heterocycles. The highest BCUT2D eigenvalue weighted by atomic mass is 32.2. The average Bonchev–Trinajstić information content (AvgIpc) is 3.04. The van der Waals surface area contributed by atoms with Crippen LogP contribution in [0.5, 0.6) is 0 Å². The molecule has 0 spiro atoms. The molecule has 1 aromatic carbocycles. The predicted molar refractivity (Wildman–Crippen MR) is 112 cm³/mol. The fourth-order valence-electron chi connectivity index (χ4n) is 3.69. The molecule has 0 saturated carbocycles. The second-order valence-electron chi connectivity index (χ2n) is 7.07. The summed E-state index contributed by atoms with van der Waals surface area (Å²) in [5.41, 5.74) is 2.47. The van der Waals surface area contributed by atoms with Gasteiger partial charge in [-0.1, -0.05) is 49.0 Å². The highest BCUT2D eigenvalue weighted by Crippen LogP contribution is 2.36. The van der Waals surface area contributed by atoms with Crippen molar-refractivity contribution in [3.63, 3.8) is 0 Å². The van der Waals surface area contributed by atoms with Gasteiger partial charge in [-0.25, -0.2) is 4.98 Å². The maximum absolute atomic E-state index is 13.4. The van der Waals surface area contributed by atoms with Gasteiger partial charge in [-0.15, -0.1) is 11.3 Å². The summed E-state index contributed by atoms with van der Waals surface area (Å²) in [4.78, 5) is 20.4. The van der Waals surface area contributed by atoms with Crippen molar-refractivity contribution in [1.82, 2.24) is 9.55 Å². The van der Waals surface area contributed by atoms with E-state index >= 15 is 0 Å². The van der Waals surface area contributed by atoms with Gasteiger partial charge in [0.05, 0.1) is 17.2 Å². The number of aryl methyl sites for hydroxylation is 2. The molecule has 2 heterocycles. The van der Waals surface area contributed by atoms with Crippen LogP contribution in [0.1, 0.15) is 29.3 Å². The number of fused-ring (bicyclic) bond motifs is 3. The van der Waals surface area contributed by atoms with Crippen LogP contribution in [0.15, 0.2) is 40.3 Å². The van der Waals surface area contributed by atoms with Crippen molar-refractivity contribution in [3.05, 3.63) is 56.7 Å². The molecule has 1 atom stereocenters. The van der Waals surface area contributed by atoms with Gasteiger partial charge in [0.15, 0.2) is 5.16 Å². The number of thiophene rings is 1. The third kappa shape index (κ3) is 3.67. The lowest BCUT2D eigenvalue weighted by Gasteiger charge is -2.17. The summed E-state index contributed by atoms with van der Waals surface area (Å²) in [6, 6.07) is 12.3. The van der Waals surface area contributed by atoms with Gasteiger partial charge in [-0.05, 0) is 42.7 Å². The fourth-order valence-corrected chi connectivity index (χ4v) is 5.81. The zero-order valence-corrected chi connectivity index (χ0v) is 16.9. The van der Waals surface area contributed by atoms with Crippen molar-refractivity contribution in [2.45, 2.75) is 44.3 Å². The van der Waals surface area contributed by atoms with Gasteiger partial charge in [-0.2, -0.15) is 5.26 Å². The number of thioether (sulfide) groups is 1. The quantitative estimate of drug-likeness (QED) is 0.473. The minimum Gasteiger partial charge on any atom is -0.287 e. The lowest BCUT2D eigenvalue weighted by molar-refractivity contribution is 0.508. The van der Waals surface area contributed by atoms with Gasteiger partial charge in [0, 0.05) is 11.4 Å². The number of aromatic nitrogens is 2. The van der Waals surface area contributed by atoms with E-state index in [1.54, 1.807) is 15.9 Å². The Morgan fingerprint density at radius 1 is 1.37 bits per heavy atom. The van der Waals surface area contributed by atoms with Crippen LogP contribution < -0.4 is 5.56 Å². The van der Waals surface area contributed by atoms with E-state index in [-0.39, 0.29) is 5.56 Å². The molecule has 4 nitrogen and oxygen atoms in total. The van der Waals surface area contributed by atoms with E-state index in [4.69, 9.17) is 10.2 Å². The molecule has 1 aliphatic rings. The summed E-state index contributed by atoms with van der Waals surface area (Å²) in [6.45, 7) is 2.85. The van der Waals surface area contributed by atoms with E-state index in [1.165, 1.54) is 27.8 Å². The number of hydrogen-bond acceptors (Lipinski definition) is 5. The second kappa shape index (κ2) is 7.87. The Morgan fingerprint density at radius 3 is 2.96 bits per heavy atom. The minimum atomic E-state index is 0.0587. The van der Waals surface area contributed by atoms with Crippen LogP contribution in [0.4, 0.5) is 0 Å². The molecule has 1 unspecified atom stereocenters. The van der Waals surface area contributed by atoms with Crippen LogP contribution in [-0.2, 0) is 25.8 Å². The van der Waals surface area contributed by atoms with Gasteiger partial charge in [0.25, 0.3) is 5.56 Å². The Bertz CT molecular complexity index is 1060. The first-order chi connectivity index (χ1) is 13.2. The fraction of sp³-hybridized carbons (Fsp3) is 0.381. The monoisotopic (exact) mass is 395 g/mol.